The number of rotatable bonds is 3. The van der Waals surface area contributed by atoms with Gasteiger partial charge in [-0.2, -0.15) is 0 Å². The van der Waals surface area contributed by atoms with E-state index in [2.05, 4.69) is 4.98 Å². The third-order valence-corrected chi connectivity index (χ3v) is 5.59. The van der Waals surface area contributed by atoms with Crippen LogP contribution in [0.3, 0.4) is 0 Å². The van der Waals surface area contributed by atoms with Gasteiger partial charge in [0.2, 0.25) is 9.84 Å². The standard InChI is InChI=1S/C17H14N2O4S/c1-11-6-8-16(12(2)10-11)24(22,23)17-9-7-13-14(18-17)4-3-5-15(13)19(20)21/h3-10H,1-2H3. The molecule has 122 valence electrons. The zero-order valence-electron chi connectivity index (χ0n) is 13.1. The van der Waals surface area contributed by atoms with Crippen molar-refractivity contribution in [3.8, 4) is 0 Å². The Morgan fingerprint density at radius 2 is 1.79 bits per heavy atom. The first-order valence-corrected chi connectivity index (χ1v) is 8.65. The molecule has 2 aromatic carbocycles. The lowest BCUT2D eigenvalue weighted by Crippen LogP contribution is -2.07. The number of hydrogen-bond donors (Lipinski definition) is 0. The van der Waals surface area contributed by atoms with E-state index < -0.39 is 14.8 Å². The van der Waals surface area contributed by atoms with Crippen LogP contribution < -0.4 is 0 Å². The van der Waals surface area contributed by atoms with Crippen molar-refractivity contribution in [2.24, 2.45) is 0 Å². The van der Waals surface area contributed by atoms with Gasteiger partial charge in [0.15, 0.2) is 5.03 Å². The molecule has 1 heterocycles. The molecule has 0 atom stereocenters. The van der Waals surface area contributed by atoms with Crippen LogP contribution >= 0.6 is 0 Å². The molecule has 0 bridgehead atoms. The molecule has 0 saturated heterocycles. The first kappa shape index (κ1) is 16.1. The topological polar surface area (TPSA) is 90.2 Å². The molecular formula is C17H14N2O4S. The maximum Gasteiger partial charge on any atom is 0.278 e. The van der Waals surface area contributed by atoms with Crippen LogP contribution in [0.2, 0.25) is 0 Å². The second-order valence-corrected chi connectivity index (χ2v) is 7.39. The molecule has 6 nitrogen and oxygen atoms in total. The smallest absolute Gasteiger partial charge is 0.258 e. The molecule has 3 rings (SSSR count). The normalized spacial score (nSPS) is 11.6. The van der Waals surface area contributed by atoms with E-state index in [1.165, 1.54) is 24.3 Å². The molecule has 0 aliphatic heterocycles. The van der Waals surface area contributed by atoms with E-state index in [0.717, 1.165) is 5.56 Å². The highest BCUT2D eigenvalue weighted by Crippen LogP contribution is 2.28. The van der Waals surface area contributed by atoms with Crippen molar-refractivity contribution in [3.63, 3.8) is 0 Å². The lowest BCUT2D eigenvalue weighted by Gasteiger charge is -2.09. The monoisotopic (exact) mass is 342 g/mol. The summed E-state index contributed by atoms with van der Waals surface area (Å²) in [5.41, 5.74) is 1.77. The number of aryl methyl sites for hydroxylation is 2. The van der Waals surface area contributed by atoms with Gasteiger partial charge in [-0.3, -0.25) is 10.1 Å². The van der Waals surface area contributed by atoms with Crippen molar-refractivity contribution in [2.75, 3.05) is 0 Å². The molecule has 0 radical (unpaired) electrons. The maximum atomic E-state index is 12.8. The van der Waals surface area contributed by atoms with Gasteiger partial charge in [-0.1, -0.05) is 23.8 Å². The van der Waals surface area contributed by atoms with E-state index in [1.54, 1.807) is 31.2 Å². The third-order valence-electron chi connectivity index (χ3n) is 3.78. The van der Waals surface area contributed by atoms with Crippen molar-refractivity contribution in [3.05, 3.63) is 69.8 Å². The summed E-state index contributed by atoms with van der Waals surface area (Å²) >= 11 is 0. The maximum absolute atomic E-state index is 12.8. The highest BCUT2D eigenvalue weighted by molar-refractivity contribution is 7.91. The van der Waals surface area contributed by atoms with Crippen LogP contribution in [0.1, 0.15) is 11.1 Å². The van der Waals surface area contributed by atoms with Crippen LogP contribution in [0, 0.1) is 24.0 Å². The highest BCUT2D eigenvalue weighted by Gasteiger charge is 2.23. The Morgan fingerprint density at radius 3 is 2.46 bits per heavy atom. The average Bonchev–Trinajstić information content (AvgIpc) is 2.53. The first-order valence-electron chi connectivity index (χ1n) is 7.17. The largest absolute Gasteiger partial charge is 0.278 e. The van der Waals surface area contributed by atoms with Crippen LogP contribution in [0.25, 0.3) is 10.9 Å². The van der Waals surface area contributed by atoms with Crippen LogP contribution in [0.5, 0.6) is 0 Å². The molecule has 7 heteroatoms. The Balaban J connectivity index is 2.20. The van der Waals surface area contributed by atoms with Crippen molar-refractivity contribution in [2.45, 2.75) is 23.8 Å². The Morgan fingerprint density at radius 1 is 1.04 bits per heavy atom. The summed E-state index contributed by atoms with van der Waals surface area (Å²) in [4.78, 5) is 14.9. The van der Waals surface area contributed by atoms with E-state index in [0.29, 0.717) is 10.9 Å². The average molecular weight is 342 g/mol. The molecule has 1 aromatic heterocycles. The van der Waals surface area contributed by atoms with Crippen LogP contribution in [-0.4, -0.2) is 18.3 Å². The Kier molecular flexibility index (Phi) is 3.81. The van der Waals surface area contributed by atoms with Crippen molar-refractivity contribution in [1.29, 1.82) is 0 Å². The predicted octanol–water partition coefficient (Wildman–Crippen LogP) is 3.59. The fourth-order valence-corrected chi connectivity index (χ4v) is 4.06. The molecular weight excluding hydrogens is 328 g/mol. The fourth-order valence-electron chi connectivity index (χ4n) is 2.64. The van der Waals surface area contributed by atoms with Gasteiger partial charge in [0.05, 0.1) is 20.7 Å². The van der Waals surface area contributed by atoms with Gasteiger partial charge >= 0.3 is 0 Å². The Bertz CT molecular complexity index is 1080. The number of pyridine rings is 1. The lowest BCUT2D eigenvalue weighted by atomic mass is 10.2. The molecule has 0 aliphatic rings. The summed E-state index contributed by atoms with van der Waals surface area (Å²) in [6.45, 7) is 3.61. The summed E-state index contributed by atoms with van der Waals surface area (Å²) in [6, 6.07) is 12.2. The van der Waals surface area contributed by atoms with Crippen LogP contribution in [0.4, 0.5) is 5.69 Å². The number of aromatic nitrogens is 1. The van der Waals surface area contributed by atoms with E-state index in [9.17, 15) is 18.5 Å². The molecule has 0 saturated carbocycles. The SMILES string of the molecule is Cc1ccc(S(=O)(=O)c2ccc3c([N+](=O)[O-])cccc3n2)c(C)c1. The predicted molar refractivity (Wildman–Crippen MR) is 89.8 cm³/mol. The van der Waals surface area contributed by atoms with Crippen molar-refractivity contribution < 1.29 is 13.3 Å². The second kappa shape index (κ2) is 5.68. The van der Waals surface area contributed by atoms with Gasteiger partial charge in [-0.15, -0.1) is 0 Å². The summed E-state index contributed by atoms with van der Waals surface area (Å²) < 4.78 is 25.7. The Labute approximate surface area is 138 Å². The molecule has 3 aromatic rings. The van der Waals surface area contributed by atoms with Gasteiger partial charge < -0.3 is 0 Å². The minimum Gasteiger partial charge on any atom is -0.258 e. The van der Waals surface area contributed by atoms with Gasteiger partial charge in [0.25, 0.3) is 5.69 Å². The van der Waals surface area contributed by atoms with Crippen LogP contribution in [-0.2, 0) is 9.84 Å². The minimum atomic E-state index is -3.79. The Hall–Kier alpha value is -2.80. The molecule has 0 fully saturated rings. The summed E-state index contributed by atoms with van der Waals surface area (Å²) in [7, 11) is -3.79. The van der Waals surface area contributed by atoms with Crippen molar-refractivity contribution in [1.82, 2.24) is 4.98 Å². The number of non-ortho nitro benzene ring substituents is 1. The zero-order chi connectivity index (χ0) is 17.5. The molecule has 0 amide bonds. The number of hydrogen-bond acceptors (Lipinski definition) is 5. The van der Waals surface area contributed by atoms with Gasteiger partial charge in [0.1, 0.15) is 0 Å². The minimum absolute atomic E-state index is 0.101. The van der Waals surface area contributed by atoms with E-state index in [-0.39, 0.29) is 21.1 Å². The van der Waals surface area contributed by atoms with E-state index >= 15 is 0 Å². The third kappa shape index (κ3) is 2.63. The summed E-state index contributed by atoms with van der Waals surface area (Å²) in [6.07, 6.45) is 0. The van der Waals surface area contributed by atoms with Gasteiger partial charge in [-0.25, -0.2) is 13.4 Å². The highest BCUT2D eigenvalue weighted by atomic mass is 32.2. The number of sulfone groups is 1. The number of nitrogens with zero attached hydrogens (tertiary/aromatic N) is 2. The quantitative estimate of drug-likeness (QED) is 0.536. The second-order valence-electron chi connectivity index (χ2n) is 5.52. The number of nitro benzene ring substituents is 1. The molecule has 24 heavy (non-hydrogen) atoms. The molecule has 0 spiro atoms. The van der Waals surface area contributed by atoms with Gasteiger partial charge in [-0.05, 0) is 43.7 Å². The molecule has 0 N–H and O–H groups in total. The first-order chi connectivity index (χ1) is 11.3. The summed E-state index contributed by atoms with van der Waals surface area (Å²) in [5.74, 6) is 0. The molecule has 0 unspecified atom stereocenters. The summed E-state index contributed by atoms with van der Waals surface area (Å²) in [5, 5.41) is 11.2. The van der Waals surface area contributed by atoms with Crippen LogP contribution in [0.15, 0.2) is 58.5 Å². The fraction of sp³-hybridized carbons (Fsp3) is 0.118. The van der Waals surface area contributed by atoms with E-state index in [4.69, 9.17) is 0 Å². The molecule has 0 aliphatic carbocycles. The number of fused-ring (bicyclic) bond motifs is 1. The zero-order valence-corrected chi connectivity index (χ0v) is 13.9. The van der Waals surface area contributed by atoms with E-state index in [1.807, 2.05) is 6.92 Å². The van der Waals surface area contributed by atoms with Gasteiger partial charge in [0, 0.05) is 6.07 Å². The number of nitro groups is 1. The lowest BCUT2D eigenvalue weighted by molar-refractivity contribution is -0.383. The number of benzene rings is 2. The van der Waals surface area contributed by atoms with Crippen molar-refractivity contribution >= 4 is 26.4 Å².